The summed E-state index contributed by atoms with van der Waals surface area (Å²) in [5.41, 5.74) is 1.34. The molecule has 2 aliphatic rings. The molecule has 22 heavy (non-hydrogen) atoms. The van der Waals surface area contributed by atoms with Gasteiger partial charge in [0, 0.05) is 24.6 Å². The summed E-state index contributed by atoms with van der Waals surface area (Å²) in [6.45, 7) is 2.16. The number of hydrogen-bond donors (Lipinski definition) is 2. The van der Waals surface area contributed by atoms with Crippen LogP contribution in [0.2, 0.25) is 0 Å². The minimum atomic E-state index is 0.0550. The van der Waals surface area contributed by atoms with Crippen molar-refractivity contribution in [3.8, 4) is 5.75 Å². The second kappa shape index (κ2) is 7.44. The third-order valence-corrected chi connectivity index (χ3v) is 4.80. The first kappa shape index (κ1) is 15.8. The van der Waals surface area contributed by atoms with Crippen molar-refractivity contribution in [2.75, 3.05) is 26.4 Å². The maximum absolute atomic E-state index is 8.70. The van der Waals surface area contributed by atoms with E-state index in [4.69, 9.17) is 14.6 Å². The maximum atomic E-state index is 8.70. The molecule has 3 rings (SSSR count). The van der Waals surface area contributed by atoms with Crippen LogP contribution in [0.5, 0.6) is 5.75 Å². The summed E-state index contributed by atoms with van der Waals surface area (Å²) in [5, 5.41) is 12.4. The molecular weight excluding hydrogens is 278 g/mol. The van der Waals surface area contributed by atoms with Gasteiger partial charge in [0.2, 0.25) is 0 Å². The van der Waals surface area contributed by atoms with Gasteiger partial charge in [0.05, 0.1) is 13.2 Å². The molecule has 1 aromatic carbocycles. The fourth-order valence-electron chi connectivity index (χ4n) is 3.74. The van der Waals surface area contributed by atoms with Crippen LogP contribution in [0.4, 0.5) is 0 Å². The first-order chi connectivity index (χ1) is 10.8. The molecule has 1 aliphatic carbocycles. The lowest BCUT2D eigenvalue weighted by Gasteiger charge is -2.40. The Kier molecular flexibility index (Phi) is 5.34. The lowest BCUT2D eigenvalue weighted by atomic mass is 9.86. The first-order valence-corrected chi connectivity index (χ1v) is 8.53. The highest BCUT2D eigenvalue weighted by atomic mass is 16.5. The van der Waals surface area contributed by atoms with Crippen molar-refractivity contribution in [1.82, 2.24) is 5.32 Å². The zero-order valence-corrected chi connectivity index (χ0v) is 13.2. The third kappa shape index (κ3) is 3.62. The summed E-state index contributed by atoms with van der Waals surface area (Å²) < 4.78 is 11.7. The van der Waals surface area contributed by atoms with Gasteiger partial charge in [-0.15, -0.1) is 0 Å². The number of rotatable bonds is 7. The average Bonchev–Trinajstić information content (AvgIpc) is 2.98. The third-order valence-electron chi connectivity index (χ3n) is 4.80. The number of fused-ring (bicyclic) bond motifs is 1. The van der Waals surface area contributed by atoms with Crippen molar-refractivity contribution in [1.29, 1.82) is 0 Å². The van der Waals surface area contributed by atoms with E-state index in [0.29, 0.717) is 19.3 Å². The summed E-state index contributed by atoms with van der Waals surface area (Å²) in [5.74, 6) is 1.06. The van der Waals surface area contributed by atoms with E-state index in [9.17, 15) is 0 Å². The van der Waals surface area contributed by atoms with Gasteiger partial charge in [-0.2, -0.15) is 0 Å². The minimum Gasteiger partial charge on any atom is -0.487 e. The average molecular weight is 305 g/mol. The van der Waals surface area contributed by atoms with Gasteiger partial charge in [0.25, 0.3) is 0 Å². The van der Waals surface area contributed by atoms with Gasteiger partial charge < -0.3 is 19.9 Å². The Balaban J connectivity index is 1.59. The minimum absolute atomic E-state index is 0.0550. The molecule has 1 saturated carbocycles. The summed E-state index contributed by atoms with van der Waals surface area (Å²) in [7, 11) is 0. The van der Waals surface area contributed by atoms with Gasteiger partial charge in [-0.3, -0.25) is 0 Å². The standard InChI is InChI=1S/C18H27NO3/c20-11-13-21-12-5-10-19-16-14-18(8-3-4-9-18)22-17-7-2-1-6-15(16)17/h1-2,6-7,16,19-20H,3-5,8-14H2. The van der Waals surface area contributed by atoms with E-state index in [0.717, 1.165) is 25.1 Å². The normalized spacial score (nSPS) is 22.5. The van der Waals surface area contributed by atoms with Crippen LogP contribution in [0.15, 0.2) is 24.3 Å². The van der Waals surface area contributed by atoms with Crippen LogP contribution in [0.25, 0.3) is 0 Å². The lowest BCUT2D eigenvalue weighted by molar-refractivity contribution is 0.0360. The lowest BCUT2D eigenvalue weighted by Crippen LogP contribution is -2.42. The van der Waals surface area contributed by atoms with Crippen molar-refractivity contribution in [3.63, 3.8) is 0 Å². The molecule has 122 valence electrons. The molecule has 1 spiro atoms. The molecule has 1 aromatic rings. The monoisotopic (exact) mass is 305 g/mol. The Labute approximate surface area is 132 Å². The highest BCUT2D eigenvalue weighted by Crippen LogP contribution is 2.46. The maximum Gasteiger partial charge on any atom is 0.124 e. The number of aliphatic hydroxyl groups excluding tert-OH is 1. The second-order valence-corrected chi connectivity index (χ2v) is 6.43. The van der Waals surface area contributed by atoms with Crippen LogP contribution in [-0.4, -0.2) is 37.1 Å². The molecule has 0 aromatic heterocycles. The Morgan fingerprint density at radius 1 is 1.23 bits per heavy atom. The predicted octanol–water partition coefficient (Wildman–Crippen LogP) is 2.81. The molecule has 4 nitrogen and oxygen atoms in total. The molecule has 1 heterocycles. The molecule has 2 N–H and O–H groups in total. The van der Waals surface area contributed by atoms with Crippen molar-refractivity contribution in [3.05, 3.63) is 29.8 Å². The van der Waals surface area contributed by atoms with Crippen molar-refractivity contribution < 1.29 is 14.6 Å². The number of ether oxygens (including phenoxy) is 2. The topological polar surface area (TPSA) is 50.7 Å². The van der Waals surface area contributed by atoms with Crippen molar-refractivity contribution in [2.24, 2.45) is 0 Å². The van der Waals surface area contributed by atoms with Gasteiger partial charge in [-0.25, -0.2) is 0 Å². The van der Waals surface area contributed by atoms with Crippen LogP contribution >= 0.6 is 0 Å². The summed E-state index contributed by atoms with van der Waals surface area (Å²) in [6.07, 6.45) is 6.96. The van der Waals surface area contributed by atoms with Crippen LogP contribution in [0, 0.1) is 0 Å². The quantitative estimate of drug-likeness (QED) is 0.761. The second-order valence-electron chi connectivity index (χ2n) is 6.43. The molecule has 1 fully saturated rings. The summed E-state index contributed by atoms with van der Waals surface area (Å²) in [4.78, 5) is 0. The van der Waals surface area contributed by atoms with E-state index in [1.165, 1.54) is 31.2 Å². The highest BCUT2D eigenvalue weighted by molar-refractivity contribution is 5.39. The first-order valence-electron chi connectivity index (χ1n) is 8.53. The highest BCUT2D eigenvalue weighted by Gasteiger charge is 2.42. The molecular formula is C18H27NO3. The molecule has 0 radical (unpaired) electrons. The SMILES string of the molecule is OCCOCCCNC1CC2(CCCC2)Oc2ccccc21. The number of hydrogen-bond acceptors (Lipinski definition) is 4. The van der Waals surface area contributed by atoms with Crippen LogP contribution in [-0.2, 0) is 4.74 Å². The van der Waals surface area contributed by atoms with Crippen LogP contribution in [0.1, 0.15) is 50.1 Å². The van der Waals surface area contributed by atoms with E-state index >= 15 is 0 Å². The van der Waals surface area contributed by atoms with Gasteiger partial charge in [-0.1, -0.05) is 18.2 Å². The zero-order chi connectivity index (χ0) is 15.3. The Morgan fingerprint density at radius 2 is 2.05 bits per heavy atom. The van der Waals surface area contributed by atoms with Crippen molar-refractivity contribution >= 4 is 0 Å². The number of para-hydroxylation sites is 1. The summed E-state index contributed by atoms with van der Waals surface area (Å²) in [6, 6.07) is 8.81. The van der Waals surface area contributed by atoms with Gasteiger partial charge >= 0.3 is 0 Å². The summed E-state index contributed by atoms with van der Waals surface area (Å²) >= 11 is 0. The van der Waals surface area contributed by atoms with E-state index in [-0.39, 0.29) is 12.2 Å². The Hall–Kier alpha value is -1.10. The molecule has 4 heteroatoms. The fraction of sp³-hybridized carbons (Fsp3) is 0.667. The van der Waals surface area contributed by atoms with E-state index in [1.807, 2.05) is 0 Å². The zero-order valence-electron chi connectivity index (χ0n) is 13.2. The number of nitrogens with one attached hydrogen (secondary N) is 1. The van der Waals surface area contributed by atoms with Gasteiger partial charge in [0.15, 0.2) is 0 Å². The van der Waals surface area contributed by atoms with Gasteiger partial charge in [0.1, 0.15) is 11.4 Å². The molecule has 0 bridgehead atoms. The van der Waals surface area contributed by atoms with Crippen LogP contribution < -0.4 is 10.1 Å². The van der Waals surface area contributed by atoms with Gasteiger partial charge in [-0.05, 0) is 44.7 Å². The smallest absolute Gasteiger partial charge is 0.124 e. The molecule has 0 saturated heterocycles. The van der Waals surface area contributed by atoms with Crippen LogP contribution in [0.3, 0.4) is 0 Å². The molecule has 1 unspecified atom stereocenters. The van der Waals surface area contributed by atoms with E-state index < -0.39 is 0 Å². The number of benzene rings is 1. The largest absolute Gasteiger partial charge is 0.487 e. The predicted molar refractivity (Wildman–Crippen MR) is 86.2 cm³/mol. The molecule has 0 amide bonds. The van der Waals surface area contributed by atoms with Crippen molar-refractivity contribution in [2.45, 2.75) is 50.2 Å². The Morgan fingerprint density at radius 3 is 2.86 bits per heavy atom. The van der Waals surface area contributed by atoms with E-state index in [1.54, 1.807) is 0 Å². The van der Waals surface area contributed by atoms with E-state index in [2.05, 4.69) is 29.6 Å². The molecule has 1 aliphatic heterocycles. The fourth-order valence-corrected chi connectivity index (χ4v) is 3.74. The molecule has 1 atom stereocenters. The number of aliphatic hydroxyl groups is 1. The Bertz CT molecular complexity index is 471.